The van der Waals surface area contributed by atoms with Crippen LogP contribution in [-0.2, 0) is 6.18 Å². The summed E-state index contributed by atoms with van der Waals surface area (Å²) in [7, 11) is 0. The highest BCUT2D eigenvalue weighted by molar-refractivity contribution is 9.10. The van der Waals surface area contributed by atoms with Gasteiger partial charge in [0.15, 0.2) is 0 Å². The fourth-order valence-corrected chi connectivity index (χ4v) is 2.38. The lowest BCUT2D eigenvalue weighted by Gasteiger charge is -2.26. The number of alkyl halides is 4. The Labute approximate surface area is 129 Å². The van der Waals surface area contributed by atoms with Crippen LogP contribution in [0.15, 0.2) is 22.7 Å². The quantitative estimate of drug-likeness (QED) is 0.710. The van der Waals surface area contributed by atoms with Crippen LogP contribution in [0.25, 0.3) is 0 Å². The number of carbonyl (C=O) groups excluding carboxylic acids is 1. The Balaban J connectivity index is 3.17. The molecule has 0 aliphatic rings. The summed E-state index contributed by atoms with van der Waals surface area (Å²) in [6, 6.07) is 3.32. The molecule has 0 radical (unpaired) electrons. The van der Waals surface area contributed by atoms with Gasteiger partial charge in [-0.15, -0.1) is 11.6 Å². The molecule has 1 aromatic carbocycles. The Morgan fingerprint density at radius 2 is 2.00 bits per heavy atom. The van der Waals surface area contributed by atoms with Crippen molar-refractivity contribution < 1.29 is 18.0 Å². The number of carbonyl (C=O) groups is 1. The van der Waals surface area contributed by atoms with Gasteiger partial charge < -0.3 is 4.90 Å². The minimum Gasteiger partial charge on any atom is -0.335 e. The van der Waals surface area contributed by atoms with Gasteiger partial charge in [-0.2, -0.15) is 13.2 Å². The molecule has 7 heteroatoms. The summed E-state index contributed by atoms with van der Waals surface area (Å²) in [5.41, 5.74) is -0.864. The van der Waals surface area contributed by atoms with Crippen molar-refractivity contribution >= 4 is 33.4 Å². The molecule has 0 spiro atoms. The monoisotopic (exact) mass is 371 g/mol. The van der Waals surface area contributed by atoms with Gasteiger partial charge in [-0.05, 0) is 32.0 Å². The van der Waals surface area contributed by atoms with Crippen molar-refractivity contribution in [2.24, 2.45) is 0 Å². The molecular formula is C13H14BrClF3NO. The molecule has 0 aromatic heterocycles. The Morgan fingerprint density at radius 3 is 2.45 bits per heavy atom. The molecule has 0 atom stereocenters. The molecule has 0 heterocycles. The topological polar surface area (TPSA) is 20.3 Å². The number of amides is 1. The first-order chi connectivity index (χ1) is 9.18. The van der Waals surface area contributed by atoms with E-state index in [1.165, 1.54) is 17.0 Å². The van der Waals surface area contributed by atoms with Gasteiger partial charge >= 0.3 is 6.18 Å². The first-order valence-electron chi connectivity index (χ1n) is 5.92. The fourth-order valence-electron chi connectivity index (χ4n) is 1.73. The highest BCUT2D eigenvalue weighted by Gasteiger charge is 2.34. The fraction of sp³-hybridized carbons (Fsp3) is 0.462. The van der Waals surface area contributed by atoms with E-state index in [0.29, 0.717) is 0 Å². The van der Waals surface area contributed by atoms with Crippen LogP contribution in [0.4, 0.5) is 13.2 Å². The van der Waals surface area contributed by atoms with Crippen LogP contribution >= 0.6 is 27.5 Å². The number of rotatable bonds is 4. The van der Waals surface area contributed by atoms with Crippen LogP contribution in [0, 0.1) is 0 Å². The standard InChI is InChI=1S/C13H14BrClF3NO/c1-8(2)19(6-5-15)12(20)9-3-4-11(14)10(7-9)13(16,17)18/h3-4,7-8H,5-6H2,1-2H3. The maximum absolute atomic E-state index is 12.8. The van der Waals surface area contributed by atoms with Gasteiger partial charge in [0, 0.05) is 28.5 Å². The van der Waals surface area contributed by atoms with E-state index < -0.39 is 17.6 Å². The van der Waals surface area contributed by atoms with Gasteiger partial charge in [-0.3, -0.25) is 4.79 Å². The molecule has 1 rings (SSSR count). The second-order valence-corrected chi connectivity index (χ2v) is 5.71. The van der Waals surface area contributed by atoms with Gasteiger partial charge in [0.1, 0.15) is 0 Å². The second kappa shape index (κ2) is 6.80. The molecule has 0 bridgehead atoms. The van der Waals surface area contributed by atoms with E-state index in [-0.39, 0.29) is 28.5 Å². The molecule has 1 amide bonds. The lowest BCUT2D eigenvalue weighted by Crippen LogP contribution is -2.38. The van der Waals surface area contributed by atoms with Crippen LogP contribution in [-0.4, -0.2) is 29.3 Å². The van der Waals surface area contributed by atoms with E-state index in [4.69, 9.17) is 11.6 Å². The second-order valence-electron chi connectivity index (χ2n) is 4.47. The molecule has 0 saturated heterocycles. The van der Waals surface area contributed by atoms with Crippen LogP contribution < -0.4 is 0 Å². The van der Waals surface area contributed by atoms with Gasteiger partial charge in [-0.1, -0.05) is 15.9 Å². The van der Waals surface area contributed by atoms with E-state index in [1.807, 2.05) is 0 Å². The largest absolute Gasteiger partial charge is 0.417 e. The number of nitrogens with zero attached hydrogens (tertiary/aromatic N) is 1. The molecule has 1 aromatic rings. The highest BCUT2D eigenvalue weighted by atomic mass is 79.9. The average Bonchev–Trinajstić information content (AvgIpc) is 2.34. The highest BCUT2D eigenvalue weighted by Crippen LogP contribution is 2.35. The summed E-state index contributed by atoms with van der Waals surface area (Å²) < 4.78 is 38.4. The van der Waals surface area contributed by atoms with Crippen LogP contribution in [0.1, 0.15) is 29.8 Å². The van der Waals surface area contributed by atoms with Crippen molar-refractivity contribution in [3.63, 3.8) is 0 Å². The smallest absolute Gasteiger partial charge is 0.335 e. The summed E-state index contributed by atoms with van der Waals surface area (Å²) in [4.78, 5) is 13.7. The predicted octanol–water partition coefficient (Wildman–Crippen LogP) is 4.56. The van der Waals surface area contributed by atoms with E-state index in [0.717, 1.165) is 6.07 Å². The molecule has 0 fully saturated rings. The number of hydrogen-bond acceptors (Lipinski definition) is 1. The third kappa shape index (κ3) is 4.12. The first-order valence-corrected chi connectivity index (χ1v) is 7.25. The normalized spacial score (nSPS) is 11.8. The van der Waals surface area contributed by atoms with Crippen molar-refractivity contribution in [2.45, 2.75) is 26.1 Å². The van der Waals surface area contributed by atoms with Gasteiger partial charge in [-0.25, -0.2) is 0 Å². The average molecular weight is 373 g/mol. The van der Waals surface area contributed by atoms with Crippen LogP contribution in [0.2, 0.25) is 0 Å². The molecule has 20 heavy (non-hydrogen) atoms. The molecule has 112 valence electrons. The van der Waals surface area contributed by atoms with Gasteiger partial charge in [0.05, 0.1) is 5.56 Å². The summed E-state index contributed by atoms with van der Waals surface area (Å²) in [5.74, 6) is -0.231. The Kier molecular flexibility index (Phi) is 5.89. The first kappa shape index (κ1) is 17.3. The zero-order valence-electron chi connectivity index (χ0n) is 11.0. The zero-order valence-corrected chi connectivity index (χ0v) is 13.3. The molecule has 0 N–H and O–H groups in total. The SMILES string of the molecule is CC(C)N(CCCl)C(=O)c1ccc(Br)c(C(F)(F)F)c1. The van der Waals surface area contributed by atoms with Crippen molar-refractivity contribution in [1.29, 1.82) is 0 Å². The number of hydrogen-bond donors (Lipinski definition) is 0. The number of benzene rings is 1. The van der Waals surface area contributed by atoms with Crippen LogP contribution in [0.5, 0.6) is 0 Å². The molecule has 0 unspecified atom stereocenters. The van der Waals surface area contributed by atoms with Crippen molar-refractivity contribution in [3.8, 4) is 0 Å². The third-order valence-electron chi connectivity index (χ3n) is 2.73. The van der Waals surface area contributed by atoms with E-state index >= 15 is 0 Å². The summed E-state index contributed by atoms with van der Waals surface area (Å²) in [6.45, 7) is 3.86. The predicted molar refractivity (Wildman–Crippen MR) is 76.0 cm³/mol. The van der Waals surface area contributed by atoms with Crippen molar-refractivity contribution in [2.75, 3.05) is 12.4 Å². The van der Waals surface area contributed by atoms with Gasteiger partial charge in [0.2, 0.25) is 0 Å². The minimum absolute atomic E-state index is 0.000610. The molecule has 2 nitrogen and oxygen atoms in total. The maximum atomic E-state index is 12.8. The van der Waals surface area contributed by atoms with Crippen molar-refractivity contribution in [1.82, 2.24) is 4.90 Å². The van der Waals surface area contributed by atoms with Gasteiger partial charge in [0.25, 0.3) is 5.91 Å². The summed E-state index contributed by atoms with van der Waals surface area (Å²) in [6.07, 6.45) is -4.51. The Morgan fingerprint density at radius 1 is 1.40 bits per heavy atom. The minimum atomic E-state index is -4.51. The number of halogens is 5. The van der Waals surface area contributed by atoms with E-state index in [9.17, 15) is 18.0 Å². The lowest BCUT2D eigenvalue weighted by molar-refractivity contribution is -0.138. The third-order valence-corrected chi connectivity index (χ3v) is 3.59. The Hall–Kier alpha value is -0.750. The molecule has 0 aliphatic carbocycles. The van der Waals surface area contributed by atoms with Crippen LogP contribution in [0.3, 0.4) is 0 Å². The summed E-state index contributed by atoms with van der Waals surface area (Å²) >= 11 is 8.47. The lowest BCUT2D eigenvalue weighted by atomic mass is 10.1. The van der Waals surface area contributed by atoms with E-state index in [2.05, 4.69) is 15.9 Å². The molecule has 0 aliphatic heterocycles. The molecule has 0 saturated carbocycles. The molecular weight excluding hydrogens is 358 g/mol. The Bertz CT molecular complexity index is 491. The van der Waals surface area contributed by atoms with Crippen molar-refractivity contribution in [3.05, 3.63) is 33.8 Å². The summed E-state index contributed by atoms with van der Waals surface area (Å²) in [5, 5.41) is 0. The van der Waals surface area contributed by atoms with E-state index in [1.54, 1.807) is 13.8 Å². The zero-order chi connectivity index (χ0) is 15.5. The maximum Gasteiger partial charge on any atom is 0.417 e.